The summed E-state index contributed by atoms with van der Waals surface area (Å²) in [4.78, 5) is 36.8. The van der Waals surface area contributed by atoms with Crippen molar-refractivity contribution in [1.29, 1.82) is 0 Å². The third kappa shape index (κ3) is 9.24. The van der Waals surface area contributed by atoms with E-state index in [4.69, 9.17) is 22.6 Å². The first-order valence-electron chi connectivity index (χ1n) is 14.4. The van der Waals surface area contributed by atoms with Gasteiger partial charge in [0.2, 0.25) is 5.78 Å². The monoisotopic (exact) mass is 704 g/mol. The molecule has 258 valence electrons. The number of esters is 1. The van der Waals surface area contributed by atoms with Crippen LogP contribution in [0, 0.1) is 24.8 Å². The number of ether oxygens (including phenoxy) is 3. The number of nitrogens with zero attached hydrogens (tertiary/aromatic N) is 4. The number of halogens is 6. The van der Waals surface area contributed by atoms with E-state index in [1.165, 1.54) is 43.3 Å². The maximum Gasteiger partial charge on any atom is 0.384 e. The van der Waals surface area contributed by atoms with Crippen LogP contribution in [0.5, 0.6) is 23.0 Å². The molecule has 0 amide bonds. The highest BCUT2D eigenvalue weighted by Crippen LogP contribution is 2.34. The zero-order chi connectivity index (χ0) is 37.2. The van der Waals surface area contributed by atoms with Crippen LogP contribution in [0.15, 0.2) is 103 Å². The summed E-state index contributed by atoms with van der Waals surface area (Å²) in [5, 5.41) is 0. The van der Waals surface area contributed by atoms with Crippen molar-refractivity contribution >= 4 is 23.1 Å². The fourth-order valence-corrected chi connectivity index (χ4v) is 3.99. The number of Topliss-reactive ketones (excluding diaryl/α,β-unsaturated/α-hetero) is 1. The van der Waals surface area contributed by atoms with Gasteiger partial charge < -0.3 is 14.2 Å². The molecule has 0 unspecified atom stereocenters. The van der Waals surface area contributed by atoms with E-state index in [9.17, 15) is 35.9 Å². The van der Waals surface area contributed by atoms with Crippen LogP contribution in [-0.2, 0) is 21.4 Å². The highest BCUT2D eigenvalue weighted by Gasteiger charge is 2.45. The fourth-order valence-electron chi connectivity index (χ4n) is 3.99. The second kappa shape index (κ2) is 16.1. The summed E-state index contributed by atoms with van der Waals surface area (Å²) >= 11 is 0. The lowest BCUT2D eigenvalue weighted by Gasteiger charge is -2.15. The summed E-state index contributed by atoms with van der Waals surface area (Å²) in [6, 6.07) is 18.4. The van der Waals surface area contributed by atoms with Crippen molar-refractivity contribution in [3.63, 3.8) is 0 Å². The molecule has 5 rings (SSSR count). The molecule has 3 aromatic carbocycles. The van der Waals surface area contributed by atoms with Gasteiger partial charge in [-0.05, 0) is 67.6 Å². The van der Waals surface area contributed by atoms with Crippen LogP contribution in [0.4, 0.5) is 37.7 Å². The molecule has 0 saturated heterocycles. The number of hydrogen-bond donors (Lipinski definition) is 0. The Balaban J connectivity index is 0.000000233. The largest absolute Gasteiger partial charge is 0.461 e. The number of rotatable bonds is 10. The number of carbonyl (C=O) groups excluding carboxylic acids is 2. The normalized spacial score (nSPS) is 10.8. The van der Waals surface area contributed by atoms with Crippen LogP contribution < -0.4 is 9.47 Å². The van der Waals surface area contributed by atoms with Crippen LogP contribution >= 0.6 is 0 Å². The average molecular weight is 705 g/mol. The lowest BCUT2D eigenvalue weighted by molar-refractivity contribution is -0.173. The molecule has 0 aliphatic carbocycles. The summed E-state index contributed by atoms with van der Waals surface area (Å²) in [5.74, 6) is -12.6. The second-order valence-electron chi connectivity index (χ2n) is 10.00. The zero-order valence-electron chi connectivity index (χ0n) is 26.1. The molecule has 15 heteroatoms. The SMILES string of the molecule is [C-]#[N+]c1ccc(Oc2ccc(C(F)(F)C(=O)OCC)nc2)cc1.[C-]#[N+]c1ccc(Oc2ccc(C(F)(F)C(=O)c3ccc(F)cc3F)nc2)cc1. The molecule has 51 heavy (non-hydrogen) atoms. The number of benzene rings is 3. The van der Waals surface area contributed by atoms with Crippen molar-refractivity contribution in [1.82, 2.24) is 9.97 Å². The Morgan fingerprint density at radius 2 is 1.12 bits per heavy atom. The third-order valence-electron chi connectivity index (χ3n) is 6.51. The van der Waals surface area contributed by atoms with Gasteiger partial charge in [-0.15, -0.1) is 0 Å². The van der Waals surface area contributed by atoms with Crippen LogP contribution in [0.1, 0.15) is 28.7 Å². The van der Waals surface area contributed by atoms with E-state index in [2.05, 4.69) is 24.4 Å². The van der Waals surface area contributed by atoms with Gasteiger partial charge in [-0.25, -0.2) is 23.3 Å². The summed E-state index contributed by atoms with van der Waals surface area (Å²) in [5.41, 5.74) is -1.69. The van der Waals surface area contributed by atoms with Crippen molar-refractivity contribution in [3.05, 3.63) is 155 Å². The van der Waals surface area contributed by atoms with E-state index in [0.29, 0.717) is 35.0 Å². The average Bonchev–Trinajstić information content (AvgIpc) is 3.13. The van der Waals surface area contributed by atoms with Crippen molar-refractivity contribution < 1.29 is 50.1 Å². The van der Waals surface area contributed by atoms with E-state index in [-0.39, 0.29) is 18.1 Å². The first kappa shape index (κ1) is 37.1. The summed E-state index contributed by atoms with van der Waals surface area (Å²) in [6.07, 6.45) is 2.07. The summed E-state index contributed by atoms with van der Waals surface area (Å²) < 4.78 is 98.1. The predicted molar refractivity (Wildman–Crippen MR) is 169 cm³/mol. The van der Waals surface area contributed by atoms with E-state index in [1.54, 1.807) is 24.3 Å². The molecule has 0 atom stereocenters. The lowest BCUT2D eigenvalue weighted by Crippen LogP contribution is -2.29. The highest BCUT2D eigenvalue weighted by molar-refractivity contribution is 6.01. The number of carbonyl (C=O) groups is 2. The molecule has 5 aromatic rings. The summed E-state index contributed by atoms with van der Waals surface area (Å²) in [6.45, 7) is 15.0. The van der Waals surface area contributed by atoms with Crippen molar-refractivity contribution in [2.45, 2.75) is 18.8 Å². The van der Waals surface area contributed by atoms with Gasteiger partial charge in [0.1, 0.15) is 46.0 Å². The molecular formula is C36H22F6N4O5. The van der Waals surface area contributed by atoms with Crippen molar-refractivity contribution in [2.75, 3.05) is 6.61 Å². The Morgan fingerprint density at radius 1 is 0.667 bits per heavy atom. The third-order valence-corrected chi connectivity index (χ3v) is 6.51. The zero-order valence-corrected chi connectivity index (χ0v) is 26.1. The summed E-state index contributed by atoms with van der Waals surface area (Å²) in [7, 11) is 0. The van der Waals surface area contributed by atoms with Gasteiger partial charge in [0.15, 0.2) is 11.4 Å². The van der Waals surface area contributed by atoms with Gasteiger partial charge in [-0.3, -0.25) is 14.8 Å². The molecular weight excluding hydrogens is 682 g/mol. The number of aromatic nitrogens is 2. The van der Waals surface area contributed by atoms with Gasteiger partial charge in [-0.2, -0.15) is 17.6 Å². The Bertz CT molecular complexity index is 2080. The standard InChI is InChI=1S/C20H10F4N2O2.C16H12F2N2O3/c1-25-13-3-5-14(6-4-13)28-15-7-9-18(26-11-15)20(23,24)19(27)16-8-2-12(21)10-17(16)22;1-3-22-15(21)16(17,18)14-9-8-13(10-20-14)23-12-6-4-11(19-2)5-7-12/h2-11H;4-10H,3H2,1H3. The molecule has 2 aromatic heterocycles. The molecule has 0 N–H and O–H groups in total. The molecule has 0 bridgehead atoms. The van der Waals surface area contributed by atoms with Crippen molar-refractivity contribution in [2.24, 2.45) is 0 Å². The maximum absolute atomic E-state index is 14.4. The van der Waals surface area contributed by atoms with Gasteiger partial charge in [-0.1, -0.05) is 24.3 Å². The molecule has 0 saturated carbocycles. The van der Waals surface area contributed by atoms with Crippen LogP contribution in [-0.4, -0.2) is 28.3 Å². The Labute approximate surface area is 286 Å². The molecule has 9 nitrogen and oxygen atoms in total. The topological polar surface area (TPSA) is 96.3 Å². The minimum Gasteiger partial charge on any atom is -0.461 e. The molecule has 0 radical (unpaired) electrons. The minimum atomic E-state index is -4.12. The molecule has 0 aliphatic heterocycles. The smallest absolute Gasteiger partial charge is 0.384 e. The fraction of sp³-hybridized carbons (Fsp3) is 0.111. The number of alkyl halides is 4. The van der Waals surface area contributed by atoms with Gasteiger partial charge >= 0.3 is 17.8 Å². The van der Waals surface area contributed by atoms with Gasteiger partial charge in [0, 0.05) is 6.07 Å². The quantitative estimate of drug-likeness (QED) is 0.0618. The van der Waals surface area contributed by atoms with E-state index >= 15 is 0 Å². The van der Waals surface area contributed by atoms with Crippen LogP contribution in [0.25, 0.3) is 9.69 Å². The second-order valence-corrected chi connectivity index (χ2v) is 10.00. The Morgan fingerprint density at radius 3 is 1.51 bits per heavy atom. The highest BCUT2D eigenvalue weighted by atomic mass is 19.3. The number of ketones is 1. The Kier molecular flexibility index (Phi) is 11.7. The first-order chi connectivity index (χ1) is 24.3. The Hall–Kier alpha value is -6.74. The van der Waals surface area contributed by atoms with E-state index in [1.807, 2.05) is 0 Å². The minimum absolute atomic E-state index is 0.121. The van der Waals surface area contributed by atoms with E-state index < -0.39 is 52.2 Å². The van der Waals surface area contributed by atoms with Crippen LogP contribution in [0.3, 0.4) is 0 Å². The van der Waals surface area contributed by atoms with Crippen LogP contribution in [0.2, 0.25) is 0 Å². The molecule has 2 heterocycles. The molecule has 0 spiro atoms. The van der Waals surface area contributed by atoms with Crippen molar-refractivity contribution in [3.8, 4) is 23.0 Å². The number of pyridine rings is 2. The van der Waals surface area contributed by atoms with Gasteiger partial charge in [0.25, 0.3) is 0 Å². The maximum atomic E-state index is 14.4. The first-order valence-corrected chi connectivity index (χ1v) is 14.4. The lowest BCUT2D eigenvalue weighted by atomic mass is 10.0. The predicted octanol–water partition coefficient (Wildman–Crippen LogP) is 9.76. The molecule has 0 fully saturated rings. The molecule has 0 aliphatic rings. The number of hydrogen-bond acceptors (Lipinski definition) is 7. The van der Waals surface area contributed by atoms with E-state index in [0.717, 1.165) is 30.6 Å². The van der Waals surface area contributed by atoms with Gasteiger partial charge in [0.05, 0.1) is 37.7 Å².